The van der Waals surface area contributed by atoms with E-state index in [2.05, 4.69) is 33.8 Å². The van der Waals surface area contributed by atoms with E-state index in [1.54, 1.807) is 0 Å². The quantitative estimate of drug-likeness (QED) is 0.818. The van der Waals surface area contributed by atoms with Gasteiger partial charge in [0.2, 0.25) is 0 Å². The lowest BCUT2D eigenvalue weighted by atomic mass is 9.75. The third-order valence-corrected chi connectivity index (χ3v) is 5.07. The van der Waals surface area contributed by atoms with Crippen LogP contribution in [-0.4, -0.2) is 0 Å². The lowest BCUT2D eigenvalue weighted by Gasteiger charge is -2.33. The molecule has 1 aliphatic carbocycles. The number of hydrogen-bond acceptors (Lipinski definition) is 1. The number of hydrogen-bond donors (Lipinski definition) is 1. The highest BCUT2D eigenvalue weighted by Crippen LogP contribution is 2.48. The SMILES string of the molecule is Cc1cc(Cl)c(C(N)C2CCCC2(C)C)cc1C. The summed E-state index contributed by atoms with van der Waals surface area (Å²) in [5.41, 5.74) is 10.5. The number of nitrogens with two attached hydrogens (primary N) is 1. The fourth-order valence-electron chi connectivity index (χ4n) is 3.29. The van der Waals surface area contributed by atoms with E-state index in [1.807, 2.05) is 6.07 Å². The highest BCUT2D eigenvalue weighted by Gasteiger charge is 2.39. The molecule has 0 radical (unpaired) electrons. The molecule has 1 aromatic rings. The highest BCUT2D eigenvalue weighted by atomic mass is 35.5. The zero-order valence-electron chi connectivity index (χ0n) is 11.9. The second kappa shape index (κ2) is 4.86. The third kappa shape index (κ3) is 2.44. The largest absolute Gasteiger partial charge is 0.324 e. The van der Waals surface area contributed by atoms with Crippen LogP contribution in [0.4, 0.5) is 0 Å². The molecule has 2 N–H and O–H groups in total. The van der Waals surface area contributed by atoms with Crippen LogP contribution in [0.2, 0.25) is 5.02 Å². The lowest BCUT2D eigenvalue weighted by molar-refractivity contribution is 0.222. The molecule has 1 fully saturated rings. The standard InChI is InChI=1S/C16H24ClN/c1-10-8-12(14(17)9-11(10)2)15(18)13-6-5-7-16(13,3)4/h8-9,13,15H,5-7,18H2,1-4H3. The van der Waals surface area contributed by atoms with Crippen molar-refractivity contribution in [3.8, 4) is 0 Å². The van der Waals surface area contributed by atoms with Crippen LogP contribution >= 0.6 is 11.6 Å². The second-order valence-corrected chi connectivity index (χ2v) is 6.88. The Balaban J connectivity index is 2.34. The minimum Gasteiger partial charge on any atom is -0.324 e. The van der Waals surface area contributed by atoms with Crippen LogP contribution in [-0.2, 0) is 0 Å². The molecule has 2 heteroatoms. The molecule has 18 heavy (non-hydrogen) atoms. The van der Waals surface area contributed by atoms with E-state index in [1.165, 1.54) is 30.4 Å². The van der Waals surface area contributed by atoms with Crippen molar-refractivity contribution >= 4 is 11.6 Å². The van der Waals surface area contributed by atoms with Crippen molar-refractivity contribution in [2.24, 2.45) is 17.1 Å². The minimum absolute atomic E-state index is 0.0642. The number of aryl methyl sites for hydroxylation is 2. The van der Waals surface area contributed by atoms with Crippen LogP contribution in [0, 0.1) is 25.2 Å². The van der Waals surface area contributed by atoms with Crippen LogP contribution < -0.4 is 5.73 Å². The average molecular weight is 266 g/mol. The van der Waals surface area contributed by atoms with Crippen molar-refractivity contribution in [2.75, 3.05) is 0 Å². The molecule has 2 atom stereocenters. The molecule has 0 amide bonds. The first-order chi connectivity index (χ1) is 8.33. The van der Waals surface area contributed by atoms with Crippen LogP contribution in [0.5, 0.6) is 0 Å². The molecule has 0 spiro atoms. The van der Waals surface area contributed by atoms with Gasteiger partial charge in [-0.1, -0.05) is 37.9 Å². The highest BCUT2D eigenvalue weighted by molar-refractivity contribution is 6.31. The molecule has 2 unspecified atom stereocenters. The van der Waals surface area contributed by atoms with Crippen molar-refractivity contribution < 1.29 is 0 Å². The van der Waals surface area contributed by atoms with Gasteiger partial charge in [-0.05, 0) is 60.8 Å². The predicted octanol–water partition coefficient (Wildman–Crippen LogP) is 4.78. The summed E-state index contributed by atoms with van der Waals surface area (Å²) in [6.45, 7) is 8.89. The molecule has 0 aromatic heterocycles. The van der Waals surface area contributed by atoms with Gasteiger partial charge in [-0.3, -0.25) is 0 Å². The van der Waals surface area contributed by atoms with E-state index >= 15 is 0 Å². The second-order valence-electron chi connectivity index (χ2n) is 6.47. The molecule has 2 rings (SSSR count). The van der Waals surface area contributed by atoms with Crippen molar-refractivity contribution in [1.29, 1.82) is 0 Å². The molecule has 1 aromatic carbocycles. The first-order valence-electron chi connectivity index (χ1n) is 6.85. The number of rotatable bonds is 2. The zero-order valence-corrected chi connectivity index (χ0v) is 12.6. The Morgan fingerprint density at radius 3 is 2.44 bits per heavy atom. The molecule has 0 aliphatic heterocycles. The number of benzene rings is 1. The van der Waals surface area contributed by atoms with E-state index in [-0.39, 0.29) is 6.04 Å². The summed E-state index contributed by atoms with van der Waals surface area (Å²) in [5, 5.41) is 0.827. The molecule has 0 saturated heterocycles. The third-order valence-electron chi connectivity index (χ3n) is 4.75. The van der Waals surface area contributed by atoms with Gasteiger partial charge in [-0.25, -0.2) is 0 Å². The average Bonchev–Trinajstić information content (AvgIpc) is 2.62. The van der Waals surface area contributed by atoms with Gasteiger partial charge in [-0.15, -0.1) is 0 Å². The van der Waals surface area contributed by atoms with E-state index < -0.39 is 0 Å². The Bertz CT molecular complexity index is 451. The lowest BCUT2D eigenvalue weighted by Crippen LogP contribution is -2.29. The Hall–Kier alpha value is -0.530. The summed E-state index contributed by atoms with van der Waals surface area (Å²) in [6, 6.07) is 4.29. The monoisotopic (exact) mass is 265 g/mol. The van der Waals surface area contributed by atoms with Crippen molar-refractivity contribution in [2.45, 2.75) is 53.0 Å². The maximum atomic E-state index is 6.51. The Kier molecular flexibility index (Phi) is 3.75. The van der Waals surface area contributed by atoms with Crippen LogP contribution in [0.1, 0.15) is 55.8 Å². The van der Waals surface area contributed by atoms with E-state index in [0.29, 0.717) is 11.3 Å². The molecule has 100 valence electrons. The fraction of sp³-hybridized carbons (Fsp3) is 0.625. The van der Waals surface area contributed by atoms with Gasteiger partial charge in [0.05, 0.1) is 0 Å². The summed E-state index contributed by atoms with van der Waals surface area (Å²) in [7, 11) is 0. The van der Waals surface area contributed by atoms with Crippen molar-refractivity contribution in [3.05, 3.63) is 33.8 Å². The summed E-state index contributed by atoms with van der Waals surface area (Å²) < 4.78 is 0. The van der Waals surface area contributed by atoms with Crippen LogP contribution in [0.25, 0.3) is 0 Å². The topological polar surface area (TPSA) is 26.0 Å². The van der Waals surface area contributed by atoms with Gasteiger partial charge in [0.1, 0.15) is 0 Å². The Morgan fingerprint density at radius 1 is 1.28 bits per heavy atom. The van der Waals surface area contributed by atoms with Crippen LogP contribution in [0.15, 0.2) is 12.1 Å². The molecule has 1 saturated carbocycles. The van der Waals surface area contributed by atoms with E-state index in [9.17, 15) is 0 Å². The first kappa shape index (κ1) is 13.9. The van der Waals surface area contributed by atoms with Gasteiger partial charge in [0, 0.05) is 11.1 Å². The molecule has 0 heterocycles. The molecular formula is C16H24ClN. The van der Waals surface area contributed by atoms with E-state index in [0.717, 1.165) is 10.6 Å². The van der Waals surface area contributed by atoms with Gasteiger partial charge in [0.15, 0.2) is 0 Å². The maximum Gasteiger partial charge on any atom is 0.0456 e. The molecule has 1 nitrogen and oxygen atoms in total. The van der Waals surface area contributed by atoms with Gasteiger partial charge < -0.3 is 5.73 Å². The van der Waals surface area contributed by atoms with Gasteiger partial charge >= 0.3 is 0 Å². The molecule has 0 bridgehead atoms. The molecule has 1 aliphatic rings. The summed E-state index contributed by atoms with van der Waals surface area (Å²) in [5.74, 6) is 0.539. The Morgan fingerprint density at radius 2 is 1.89 bits per heavy atom. The Labute approximate surface area is 116 Å². The smallest absolute Gasteiger partial charge is 0.0456 e. The van der Waals surface area contributed by atoms with Crippen LogP contribution in [0.3, 0.4) is 0 Å². The fourth-order valence-corrected chi connectivity index (χ4v) is 3.64. The van der Waals surface area contributed by atoms with E-state index in [4.69, 9.17) is 17.3 Å². The number of halogens is 1. The molecular weight excluding hydrogens is 242 g/mol. The summed E-state index contributed by atoms with van der Waals surface area (Å²) in [4.78, 5) is 0. The first-order valence-corrected chi connectivity index (χ1v) is 7.23. The summed E-state index contributed by atoms with van der Waals surface area (Å²) in [6.07, 6.45) is 3.78. The predicted molar refractivity (Wildman–Crippen MR) is 79.0 cm³/mol. The normalized spacial score (nSPS) is 24.2. The van der Waals surface area contributed by atoms with Crippen molar-refractivity contribution in [3.63, 3.8) is 0 Å². The summed E-state index contributed by atoms with van der Waals surface area (Å²) >= 11 is 6.39. The maximum absolute atomic E-state index is 6.51. The van der Waals surface area contributed by atoms with Gasteiger partial charge in [0.25, 0.3) is 0 Å². The van der Waals surface area contributed by atoms with Crippen molar-refractivity contribution in [1.82, 2.24) is 0 Å². The van der Waals surface area contributed by atoms with Gasteiger partial charge in [-0.2, -0.15) is 0 Å². The zero-order chi connectivity index (χ0) is 13.5. The minimum atomic E-state index is 0.0642.